The first kappa shape index (κ1) is 16.0. The van der Waals surface area contributed by atoms with Crippen LogP contribution in [-0.2, 0) is 14.6 Å². The second-order valence-corrected chi connectivity index (χ2v) is 6.69. The first-order valence-electron chi connectivity index (χ1n) is 6.44. The van der Waals surface area contributed by atoms with Gasteiger partial charge in [0, 0.05) is 11.8 Å². The molecule has 2 aromatic rings. The Labute approximate surface area is 129 Å². The Kier molecular flexibility index (Phi) is 4.51. The van der Waals surface area contributed by atoms with Crippen molar-refractivity contribution in [3.63, 3.8) is 0 Å². The van der Waals surface area contributed by atoms with Gasteiger partial charge in [-0.1, -0.05) is 24.3 Å². The van der Waals surface area contributed by atoms with E-state index in [1.165, 1.54) is 26.4 Å². The number of carbonyl (C=O) groups excluding carboxylic acids is 1. The molecule has 0 fully saturated rings. The molecule has 0 aromatic heterocycles. The average Bonchev–Trinajstić information content (AvgIpc) is 2.52. The molecular weight excluding hydrogens is 304 g/mol. The van der Waals surface area contributed by atoms with Crippen LogP contribution in [0.25, 0.3) is 11.1 Å². The molecular formula is C16H16O5S. The molecule has 0 aliphatic rings. The van der Waals surface area contributed by atoms with Crippen molar-refractivity contribution in [1.29, 1.82) is 0 Å². The van der Waals surface area contributed by atoms with Gasteiger partial charge in [-0.25, -0.2) is 13.2 Å². The summed E-state index contributed by atoms with van der Waals surface area (Å²) in [4.78, 5) is 12.1. The standard InChI is InChI=1S/C16H16O5S/c1-20-15-7-5-4-6-13(15)12-9-8-11(22(3,18)19)10-14(12)16(17)21-2/h4-10H,1-3H3. The fraction of sp³-hybridized carbons (Fsp3) is 0.188. The number of hydrogen-bond donors (Lipinski definition) is 0. The van der Waals surface area contributed by atoms with Gasteiger partial charge < -0.3 is 9.47 Å². The lowest BCUT2D eigenvalue weighted by Crippen LogP contribution is -2.07. The summed E-state index contributed by atoms with van der Waals surface area (Å²) in [5, 5.41) is 0. The van der Waals surface area contributed by atoms with E-state index in [0.717, 1.165) is 6.26 Å². The second kappa shape index (κ2) is 6.19. The number of rotatable bonds is 4. The number of ether oxygens (including phenoxy) is 2. The maximum absolute atomic E-state index is 12.0. The van der Waals surface area contributed by atoms with Crippen LogP contribution in [0.1, 0.15) is 10.4 Å². The van der Waals surface area contributed by atoms with Gasteiger partial charge in [0.05, 0.1) is 24.7 Å². The second-order valence-electron chi connectivity index (χ2n) is 4.67. The first-order valence-corrected chi connectivity index (χ1v) is 8.33. The zero-order valence-electron chi connectivity index (χ0n) is 12.5. The Morgan fingerprint density at radius 3 is 2.27 bits per heavy atom. The lowest BCUT2D eigenvalue weighted by Gasteiger charge is -2.13. The minimum Gasteiger partial charge on any atom is -0.496 e. The van der Waals surface area contributed by atoms with Crippen molar-refractivity contribution in [2.45, 2.75) is 4.90 Å². The molecule has 0 amide bonds. The molecule has 0 bridgehead atoms. The zero-order valence-corrected chi connectivity index (χ0v) is 13.3. The van der Waals surface area contributed by atoms with Gasteiger partial charge in [0.15, 0.2) is 9.84 Å². The van der Waals surface area contributed by atoms with Gasteiger partial charge in [0.25, 0.3) is 0 Å². The van der Waals surface area contributed by atoms with E-state index in [4.69, 9.17) is 9.47 Å². The van der Waals surface area contributed by atoms with Crippen LogP contribution in [0.3, 0.4) is 0 Å². The van der Waals surface area contributed by atoms with Crippen molar-refractivity contribution in [1.82, 2.24) is 0 Å². The van der Waals surface area contributed by atoms with Crippen molar-refractivity contribution in [2.75, 3.05) is 20.5 Å². The van der Waals surface area contributed by atoms with Crippen LogP contribution in [0.2, 0.25) is 0 Å². The molecule has 5 nitrogen and oxygen atoms in total. The largest absolute Gasteiger partial charge is 0.496 e. The van der Waals surface area contributed by atoms with Gasteiger partial charge in [-0.15, -0.1) is 0 Å². The van der Waals surface area contributed by atoms with E-state index in [-0.39, 0.29) is 10.5 Å². The SMILES string of the molecule is COC(=O)c1cc(S(C)(=O)=O)ccc1-c1ccccc1OC. The third-order valence-electron chi connectivity index (χ3n) is 3.22. The smallest absolute Gasteiger partial charge is 0.338 e. The lowest BCUT2D eigenvalue weighted by molar-refractivity contribution is 0.0601. The number of methoxy groups -OCH3 is 2. The Bertz CT molecular complexity index is 809. The summed E-state index contributed by atoms with van der Waals surface area (Å²) < 4.78 is 33.4. The van der Waals surface area contributed by atoms with E-state index >= 15 is 0 Å². The van der Waals surface area contributed by atoms with Crippen molar-refractivity contribution in [3.8, 4) is 16.9 Å². The number of benzene rings is 2. The molecule has 0 radical (unpaired) electrons. The van der Waals surface area contributed by atoms with Gasteiger partial charge in [0.1, 0.15) is 5.75 Å². The van der Waals surface area contributed by atoms with Crippen LogP contribution in [0, 0.1) is 0 Å². The van der Waals surface area contributed by atoms with Crippen molar-refractivity contribution in [2.24, 2.45) is 0 Å². The summed E-state index contributed by atoms with van der Waals surface area (Å²) in [6.45, 7) is 0. The van der Waals surface area contributed by atoms with Gasteiger partial charge in [-0.2, -0.15) is 0 Å². The third-order valence-corrected chi connectivity index (χ3v) is 4.33. The number of sulfone groups is 1. The molecule has 0 spiro atoms. The van der Waals surface area contributed by atoms with Crippen LogP contribution in [0.4, 0.5) is 0 Å². The summed E-state index contributed by atoms with van der Waals surface area (Å²) in [5.41, 5.74) is 1.41. The predicted molar refractivity (Wildman–Crippen MR) is 82.9 cm³/mol. The molecule has 2 aromatic carbocycles. The minimum atomic E-state index is -3.42. The van der Waals surface area contributed by atoms with E-state index < -0.39 is 15.8 Å². The van der Waals surface area contributed by atoms with Crippen LogP contribution >= 0.6 is 0 Å². The predicted octanol–water partition coefficient (Wildman–Crippen LogP) is 2.55. The van der Waals surface area contributed by atoms with E-state index in [2.05, 4.69) is 0 Å². The molecule has 0 heterocycles. The fourth-order valence-corrected chi connectivity index (χ4v) is 2.78. The molecule has 116 valence electrons. The van der Waals surface area contributed by atoms with E-state index in [0.29, 0.717) is 16.9 Å². The molecule has 0 aliphatic carbocycles. The van der Waals surface area contributed by atoms with Crippen molar-refractivity contribution < 1.29 is 22.7 Å². The summed E-state index contributed by atoms with van der Waals surface area (Å²) in [7, 11) is -0.640. The van der Waals surface area contributed by atoms with Gasteiger partial charge in [-0.05, 0) is 23.8 Å². The first-order chi connectivity index (χ1) is 10.4. The molecule has 2 rings (SSSR count). The zero-order chi connectivity index (χ0) is 16.3. The maximum atomic E-state index is 12.0. The molecule has 0 atom stereocenters. The molecule has 0 saturated carbocycles. The van der Waals surface area contributed by atoms with Gasteiger partial charge >= 0.3 is 5.97 Å². The van der Waals surface area contributed by atoms with Crippen LogP contribution in [-0.4, -0.2) is 34.9 Å². The number of para-hydroxylation sites is 1. The highest BCUT2D eigenvalue weighted by Gasteiger charge is 2.19. The van der Waals surface area contributed by atoms with E-state index in [1.807, 2.05) is 12.1 Å². The van der Waals surface area contributed by atoms with Crippen LogP contribution < -0.4 is 4.74 Å². The molecule has 22 heavy (non-hydrogen) atoms. The third kappa shape index (κ3) is 3.12. The van der Waals surface area contributed by atoms with Crippen LogP contribution in [0.5, 0.6) is 5.75 Å². The van der Waals surface area contributed by atoms with Gasteiger partial charge in [-0.3, -0.25) is 0 Å². The summed E-state index contributed by atoms with van der Waals surface area (Å²) in [6, 6.07) is 11.5. The normalized spacial score (nSPS) is 11.0. The number of hydrogen-bond acceptors (Lipinski definition) is 5. The average molecular weight is 320 g/mol. The molecule has 6 heteroatoms. The fourth-order valence-electron chi connectivity index (χ4n) is 2.13. The Morgan fingerprint density at radius 2 is 1.68 bits per heavy atom. The molecule has 0 N–H and O–H groups in total. The van der Waals surface area contributed by atoms with Gasteiger partial charge in [0.2, 0.25) is 0 Å². The summed E-state index contributed by atoms with van der Waals surface area (Å²) in [5.74, 6) is -0.0221. The van der Waals surface area contributed by atoms with Crippen molar-refractivity contribution in [3.05, 3.63) is 48.0 Å². The number of esters is 1. The highest BCUT2D eigenvalue weighted by atomic mass is 32.2. The Hall–Kier alpha value is -2.34. The highest BCUT2D eigenvalue weighted by molar-refractivity contribution is 7.90. The van der Waals surface area contributed by atoms with Crippen LogP contribution in [0.15, 0.2) is 47.4 Å². The maximum Gasteiger partial charge on any atom is 0.338 e. The molecule has 0 saturated heterocycles. The topological polar surface area (TPSA) is 69.7 Å². The van der Waals surface area contributed by atoms with E-state index in [9.17, 15) is 13.2 Å². The summed E-state index contributed by atoms with van der Waals surface area (Å²) in [6.07, 6.45) is 1.09. The lowest BCUT2D eigenvalue weighted by atomic mass is 9.99. The quantitative estimate of drug-likeness (QED) is 0.810. The Morgan fingerprint density at radius 1 is 1.00 bits per heavy atom. The summed E-state index contributed by atoms with van der Waals surface area (Å²) >= 11 is 0. The van der Waals surface area contributed by atoms with Crippen molar-refractivity contribution >= 4 is 15.8 Å². The molecule has 0 unspecified atom stereocenters. The Balaban J connectivity index is 2.73. The molecule has 0 aliphatic heterocycles. The minimum absolute atomic E-state index is 0.0616. The van der Waals surface area contributed by atoms with E-state index in [1.54, 1.807) is 18.2 Å². The monoisotopic (exact) mass is 320 g/mol. The highest BCUT2D eigenvalue weighted by Crippen LogP contribution is 2.33. The number of carbonyl (C=O) groups is 1.